The van der Waals surface area contributed by atoms with E-state index in [0.717, 1.165) is 61.0 Å². The molecule has 0 N–H and O–H groups in total. The lowest BCUT2D eigenvalue weighted by Gasteiger charge is -2.34. The fourth-order valence-corrected chi connectivity index (χ4v) is 5.02. The van der Waals surface area contributed by atoms with Gasteiger partial charge in [-0.25, -0.2) is 4.98 Å². The third kappa shape index (κ3) is 4.89. The van der Waals surface area contributed by atoms with Crippen molar-refractivity contribution in [1.82, 2.24) is 14.8 Å². The Morgan fingerprint density at radius 2 is 1.79 bits per heavy atom. The van der Waals surface area contributed by atoms with E-state index in [1.165, 1.54) is 24.2 Å². The van der Waals surface area contributed by atoms with E-state index in [9.17, 15) is 9.59 Å². The first-order chi connectivity index (χ1) is 14.1. The molecular formula is C22H29N3O3S. The Morgan fingerprint density at radius 1 is 1.07 bits per heavy atom. The summed E-state index contributed by atoms with van der Waals surface area (Å²) in [5, 5.41) is 2.74. The van der Waals surface area contributed by atoms with Gasteiger partial charge < -0.3 is 14.2 Å². The Balaban J connectivity index is 1.28. The van der Waals surface area contributed by atoms with E-state index in [-0.39, 0.29) is 11.8 Å². The van der Waals surface area contributed by atoms with Crippen molar-refractivity contribution < 1.29 is 14.0 Å². The second kappa shape index (κ2) is 9.11. The molecule has 0 bridgehead atoms. The van der Waals surface area contributed by atoms with Crippen molar-refractivity contribution in [2.24, 2.45) is 5.92 Å². The molecule has 0 aromatic carbocycles. The molecular weight excluding hydrogens is 386 g/mol. The maximum Gasteiger partial charge on any atom is 0.228 e. The molecule has 4 heterocycles. The number of likely N-dealkylation sites (tertiary alicyclic amines) is 2. The predicted molar refractivity (Wildman–Crippen MR) is 113 cm³/mol. The Kier molecular flexibility index (Phi) is 6.33. The molecule has 4 rings (SSSR count). The van der Waals surface area contributed by atoms with Crippen molar-refractivity contribution in [3.63, 3.8) is 0 Å². The standard InChI is InChI=1S/C22H29N3O3S/c1-16-6-7-19(28-16)21-23-18(15-29-21)14-20(26)24-12-8-17(9-13-24)22(27)25-10-4-2-3-5-11-25/h6-7,15,17H,2-5,8-14H2,1H3. The lowest BCUT2D eigenvalue weighted by molar-refractivity contribution is -0.140. The van der Waals surface area contributed by atoms with Crippen LogP contribution in [-0.2, 0) is 16.0 Å². The fraction of sp³-hybridized carbons (Fsp3) is 0.591. The van der Waals surface area contributed by atoms with Crippen LogP contribution in [0.15, 0.2) is 21.9 Å². The molecule has 2 aromatic heterocycles. The third-order valence-electron chi connectivity index (χ3n) is 5.95. The molecule has 156 valence electrons. The number of aromatic nitrogens is 1. The molecule has 0 saturated carbocycles. The minimum absolute atomic E-state index is 0.0743. The quantitative estimate of drug-likeness (QED) is 0.760. The molecule has 2 aliphatic rings. The van der Waals surface area contributed by atoms with Gasteiger partial charge in [-0.05, 0) is 44.7 Å². The van der Waals surface area contributed by atoms with Crippen LogP contribution in [0.3, 0.4) is 0 Å². The number of carbonyl (C=O) groups is 2. The van der Waals surface area contributed by atoms with Gasteiger partial charge in [-0.15, -0.1) is 11.3 Å². The molecule has 0 atom stereocenters. The van der Waals surface area contributed by atoms with Crippen molar-refractivity contribution in [3.05, 3.63) is 29.0 Å². The molecule has 2 aromatic rings. The topological polar surface area (TPSA) is 66.7 Å². The average Bonchev–Trinajstić information content (AvgIpc) is 3.28. The molecule has 7 heteroatoms. The SMILES string of the molecule is Cc1ccc(-c2nc(CC(=O)N3CCC(C(=O)N4CCCCCC4)CC3)cs2)o1. The summed E-state index contributed by atoms with van der Waals surface area (Å²) in [5.74, 6) is 2.07. The molecule has 2 aliphatic heterocycles. The Hall–Kier alpha value is -2.15. The van der Waals surface area contributed by atoms with Gasteiger partial charge in [0.1, 0.15) is 5.76 Å². The van der Waals surface area contributed by atoms with Gasteiger partial charge in [-0.1, -0.05) is 12.8 Å². The zero-order valence-electron chi connectivity index (χ0n) is 17.1. The summed E-state index contributed by atoms with van der Waals surface area (Å²) < 4.78 is 5.61. The summed E-state index contributed by atoms with van der Waals surface area (Å²) in [7, 11) is 0. The number of carbonyl (C=O) groups excluding carboxylic acids is 2. The number of piperidine rings is 1. The van der Waals surface area contributed by atoms with E-state index in [0.29, 0.717) is 25.4 Å². The van der Waals surface area contributed by atoms with Crippen molar-refractivity contribution in [1.29, 1.82) is 0 Å². The van der Waals surface area contributed by atoms with E-state index in [1.807, 2.05) is 29.3 Å². The number of furan rings is 1. The van der Waals surface area contributed by atoms with E-state index in [4.69, 9.17) is 4.42 Å². The summed E-state index contributed by atoms with van der Waals surface area (Å²) in [6.45, 7) is 5.04. The van der Waals surface area contributed by atoms with Crippen molar-refractivity contribution in [2.45, 2.75) is 51.9 Å². The van der Waals surface area contributed by atoms with Crippen LogP contribution in [0, 0.1) is 12.8 Å². The second-order valence-corrected chi connectivity index (χ2v) is 8.98. The minimum Gasteiger partial charge on any atom is -0.459 e. The van der Waals surface area contributed by atoms with Gasteiger partial charge >= 0.3 is 0 Å². The molecule has 2 saturated heterocycles. The number of thiazole rings is 1. The number of rotatable bonds is 4. The molecule has 6 nitrogen and oxygen atoms in total. The highest BCUT2D eigenvalue weighted by Gasteiger charge is 2.30. The highest BCUT2D eigenvalue weighted by Crippen LogP contribution is 2.26. The number of amides is 2. The van der Waals surface area contributed by atoms with E-state index < -0.39 is 0 Å². The molecule has 0 unspecified atom stereocenters. The van der Waals surface area contributed by atoms with Crippen LogP contribution >= 0.6 is 11.3 Å². The maximum atomic E-state index is 12.8. The van der Waals surface area contributed by atoms with Crippen LogP contribution in [0.2, 0.25) is 0 Å². The van der Waals surface area contributed by atoms with Crippen LogP contribution < -0.4 is 0 Å². The number of aryl methyl sites for hydroxylation is 1. The van der Waals surface area contributed by atoms with E-state index >= 15 is 0 Å². The largest absolute Gasteiger partial charge is 0.459 e. The summed E-state index contributed by atoms with van der Waals surface area (Å²) in [5.41, 5.74) is 0.784. The minimum atomic E-state index is 0.0743. The zero-order valence-corrected chi connectivity index (χ0v) is 17.9. The lowest BCUT2D eigenvalue weighted by Crippen LogP contribution is -2.45. The van der Waals surface area contributed by atoms with Gasteiger partial charge in [0, 0.05) is 37.5 Å². The Bertz CT molecular complexity index is 843. The fourth-order valence-electron chi connectivity index (χ4n) is 4.24. The van der Waals surface area contributed by atoms with Gasteiger partial charge in [0.25, 0.3) is 0 Å². The molecule has 0 radical (unpaired) electrons. The molecule has 2 amide bonds. The first-order valence-corrected chi connectivity index (χ1v) is 11.6. The Morgan fingerprint density at radius 3 is 2.45 bits per heavy atom. The zero-order chi connectivity index (χ0) is 20.2. The normalized spacial score (nSPS) is 18.7. The van der Waals surface area contributed by atoms with Gasteiger partial charge in [0.05, 0.1) is 12.1 Å². The summed E-state index contributed by atoms with van der Waals surface area (Å²) in [6, 6.07) is 3.82. The van der Waals surface area contributed by atoms with Crippen molar-refractivity contribution >= 4 is 23.2 Å². The predicted octanol–water partition coefficient (Wildman–Crippen LogP) is 3.90. The molecule has 0 spiro atoms. The highest BCUT2D eigenvalue weighted by atomic mass is 32.1. The summed E-state index contributed by atoms with van der Waals surface area (Å²) >= 11 is 1.50. The number of nitrogens with zero attached hydrogens (tertiary/aromatic N) is 3. The van der Waals surface area contributed by atoms with Crippen LogP contribution in [0.4, 0.5) is 0 Å². The van der Waals surface area contributed by atoms with Crippen LogP contribution in [0.25, 0.3) is 10.8 Å². The monoisotopic (exact) mass is 415 g/mol. The number of hydrogen-bond acceptors (Lipinski definition) is 5. The van der Waals surface area contributed by atoms with Crippen LogP contribution in [0.1, 0.15) is 50.0 Å². The van der Waals surface area contributed by atoms with E-state index in [2.05, 4.69) is 9.88 Å². The molecule has 0 aliphatic carbocycles. The number of hydrogen-bond donors (Lipinski definition) is 0. The van der Waals surface area contributed by atoms with Crippen LogP contribution in [-0.4, -0.2) is 52.8 Å². The van der Waals surface area contributed by atoms with Crippen LogP contribution in [0.5, 0.6) is 0 Å². The highest BCUT2D eigenvalue weighted by molar-refractivity contribution is 7.13. The average molecular weight is 416 g/mol. The second-order valence-electron chi connectivity index (χ2n) is 8.13. The van der Waals surface area contributed by atoms with Gasteiger partial charge in [0.2, 0.25) is 11.8 Å². The first-order valence-electron chi connectivity index (χ1n) is 10.7. The maximum absolute atomic E-state index is 12.8. The molecule has 29 heavy (non-hydrogen) atoms. The Labute approximate surface area is 175 Å². The van der Waals surface area contributed by atoms with E-state index in [1.54, 1.807) is 0 Å². The van der Waals surface area contributed by atoms with Gasteiger partial charge in [-0.3, -0.25) is 9.59 Å². The summed E-state index contributed by atoms with van der Waals surface area (Å²) in [4.78, 5) is 34.0. The van der Waals surface area contributed by atoms with Crippen molar-refractivity contribution in [2.75, 3.05) is 26.2 Å². The molecule has 2 fully saturated rings. The summed E-state index contributed by atoms with van der Waals surface area (Å²) in [6.07, 6.45) is 6.56. The third-order valence-corrected chi connectivity index (χ3v) is 6.86. The van der Waals surface area contributed by atoms with Crippen molar-refractivity contribution in [3.8, 4) is 10.8 Å². The first kappa shape index (κ1) is 20.1. The lowest BCUT2D eigenvalue weighted by atomic mass is 9.95. The van der Waals surface area contributed by atoms with Gasteiger partial charge in [0.15, 0.2) is 10.8 Å². The smallest absolute Gasteiger partial charge is 0.228 e. The van der Waals surface area contributed by atoms with Gasteiger partial charge in [-0.2, -0.15) is 0 Å².